The van der Waals surface area contributed by atoms with Crippen molar-refractivity contribution in [3.8, 4) is 0 Å². The third kappa shape index (κ3) is 2.60. The van der Waals surface area contributed by atoms with Crippen LogP contribution >= 0.6 is 11.3 Å². The summed E-state index contributed by atoms with van der Waals surface area (Å²) in [5.74, 6) is 0. The van der Waals surface area contributed by atoms with E-state index in [2.05, 4.69) is 37.2 Å². The molecule has 0 aromatic carbocycles. The molecule has 1 N–H and O–H groups in total. The second kappa shape index (κ2) is 4.64. The van der Waals surface area contributed by atoms with E-state index in [-0.39, 0.29) is 0 Å². The van der Waals surface area contributed by atoms with Crippen molar-refractivity contribution in [3.63, 3.8) is 0 Å². The molecule has 1 aromatic heterocycles. The van der Waals surface area contributed by atoms with Gasteiger partial charge in [0.2, 0.25) is 0 Å². The van der Waals surface area contributed by atoms with Crippen molar-refractivity contribution >= 4 is 11.3 Å². The van der Waals surface area contributed by atoms with Crippen molar-refractivity contribution in [1.29, 1.82) is 0 Å². The lowest BCUT2D eigenvalue weighted by atomic mass is 10.3. The minimum Gasteiger partial charge on any atom is -0.316 e. The van der Waals surface area contributed by atoms with Crippen LogP contribution in [0.3, 0.4) is 0 Å². The largest absolute Gasteiger partial charge is 0.316 e. The first-order valence-corrected chi connectivity index (χ1v) is 6.46. The molecule has 0 bridgehead atoms. The Labute approximate surface area is 96.3 Å². The van der Waals surface area contributed by atoms with Crippen LogP contribution in [0, 0.1) is 13.8 Å². The minimum absolute atomic E-state index is 0.701. The first-order valence-electron chi connectivity index (χ1n) is 5.64. The van der Waals surface area contributed by atoms with Gasteiger partial charge in [0.15, 0.2) is 0 Å². The molecule has 1 aromatic rings. The highest BCUT2D eigenvalue weighted by atomic mass is 32.1. The molecule has 1 unspecified atom stereocenters. The third-order valence-electron chi connectivity index (χ3n) is 3.28. The highest BCUT2D eigenvalue weighted by molar-refractivity contribution is 7.12. The summed E-state index contributed by atoms with van der Waals surface area (Å²) in [6.07, 6.45) is 1.29. The zero-order valence-corrected chi connectivity index (χ0v) is 10.7. The van der Waals surface area contributed by atoms with Gasteiger partial charge in [0.1, 0.15) is 0 Å². The average molecular weight is 224 g/mol. The Kier molecular flexibility index (Phi) is 3.44. The van der Waals surface area contributed by atoms with E-state index in [1.807, 2.05) is 11.3 Å². The molecule has 0 amide bonds. The standard InChI is InChI=1S/C12H20N2S/c1-9-6-12(15-10(9)2)8-14-5-4-11(7-14)13-3/h6,11,13H,4-5,7-8H2,1-3H3. The van der Waals surface area contributed by atoms with Gasteiger partial charge in [-0.2, -0.15) is 0 Å². The second-order valence-electron chi connectivity index (χ2n) is 4.46. The molecule has 2 nitrogen and oxygen atoms in total. The number of nitrogens with zero attached hydrogens (tertiary/aromatic N) is 1. The van der Waals surface area contributed by atoms with Gasteiger partial charge in [0, 0.05) is 35.4 Å². The van der Waals surface area contributed by atoms with Crippen LogP contribution in [0.1, 0.15) is 21.7 Å². The summed E-state index contributed by atoms with van der Waals surface area (Å²) >= 11 is 1.95. The molecular weight excluding hydrogens is 204 g/mol. The van der Waals surface area contributed by atoms with E-state index in [1.165, 1.54) is 34.8 Å². The van der Waals surface area contributed by atoms with Crippen molar-refractivity contribution in [2.45, 2.75) is 32.9 Å². The molecule has 1 fully saturated rings. The zero-order chi connectivity index (χ0) is 10.8. The molecule has 1 aliphatic rings. The predicted molar refractivity (Wildman–Crippen MR) is 66.5 cm³/mol. The van der Waals surface area contributed by atoms with Crippen molar-refractivity contribution in [1.82, 2.24) is 10.2 Å². The van der Waals surface area contributed by atoms with Crippen molar-refractivity contribution in [2.24, 2.45) is 0 Å². The van der Waals surface area contributed by atoms with Gasteiger partial charge in [-0.1, -0.05) is 0 Å². The highest BCUT2D eigenvalue weighted by Gasteiger charge is 2.21. The van der Waals surface area contributed by atoms with E-state index in [0.717, 1.165) is 6.54 Å². The number of likely N-dealkylation sites (tertiary alicyclic amines) is 1. The maximum absolute atomic E-state index is 3.36. The van der Waals surface area contributed by atoms with Gasteiger partial charge in [0.25, 0.3) is 0 Å². The Bertz CT molecular complexity index is 313. The summed E-state index contributed by atoms with van der Waals surface area (Å²) in [5.41, 5.74) is 1.44. The monoisotopic (exact) mass is 224 g/mol. The first-order chi connectivity index (χ1) is 7.19. The second-order valence-corrected chi connectivity index (χ2v) is 5.80. The van der Waals surface area contributed by atoms with Crippen LogP contribution in [0.15, 0.2) is 6.07 Å². The zero-order valence-electron chi connectivity index (χ0n) is 9.84. The quantitative estimate of drug-likeness (QED) is 0.846. The van der Waals surface area contributed by atoms with E-state index >= 15 is 0 Å². The van der Waals surface area contributed by atoms with E-state index in [1.54, 1.807) is 0 Å². The summed E-state index contributed by atoms with van der Waals surface area (Å²) in [6, 6.07) is 3.04. The van der Waals surface area contributed by atoms with Crippen LogP contribution in [0.2, 0.25) is 0 Å². The summed E-state index contributed by atoms with van der Waals surface area (Å²) in [6.45, 7) is 7.99. The molecule has 0 aliphatic carbocycles. The molecule has 0 saturated carbocycles. The lowest BCUT2D eigenvalue weighted by Gasteiger charge is -2.14. The SMILES string of the molecule is CNC1CCN(Cc2cc(C)c(C)s2)C1. The number of likely N-dealkylation sites (N-methyl/N-ethyl adjacent to an activating group) is 1. The van der Waals surface area contributed by atoms with Gasteiger partial charge in [-0.15, -0.1) is 11.3 Å². The molecule has 1 aliphatic heterocycles. The van der Waals surface area contributed by atoms with Crippen molar-refractivity contribution < 1.29 is 0 Å². The van der Waals surface area contributed by atoms with Crippen molar-refractivity contribution in [3.05, 3.63) is 21.4 Å². The van der Waals surface area contributed by atoms with E-state index < -0.39 is 0 Å². The summed E-state index contributed by atoms with van der Waals surface area (Å²) < 4.78 is 0. The van der Waals surface area contributed by atoms with Gasteiger partial charge >= 0.3 is 0 Å². The van der Waals surface area contributed by atoms with E-state index in [4.69, 9.17) is 0 Å². The fraction of sp³-hybridized carbons (Fsp3) is 0.667. The fourth-order valence-electron chi connectivity index (χ4n) is 2.16. The maximum Gasteiger partial charge on any atom is 0.0328 e. The number of aryl methyl sites for hydroxylation is 2. The summed E-state index contributed by atoms with van der Waals surface area (Å²) in [4.78, 5) is 5.53. The van der Waals surface area contributed by atoms with Crippen molar-refractivity contribution in [2.75, 3.05) is 20.1 Å². The van der Waals surface area contributed by atoms with Gasteiger partial charge < -0.3 is 5.32 Å². The molecule has 0 radical (unpaired) electrons. The fourth-order valence-corrected chi connectivity index (χ4v) is 3.26. The van der Waals surface area contributed by atoms with Gasteiger partial charge in [-0.3, -0.25) is 4.90 Å². The molecule has 1 atom stereocenters. The normalized spacial score (nSPS) is 22.5. The van der Waals surface area contributed by atoms with Gasteiger partial charge in [0.05, 0.1) is 0 Å². The molecule has 2 rings (SSSR count). The summed E-state index contributed by atoms with van der Waals surface area (Å²) in [5, 5.41) is 3.36. The van der Waals surface area contributed by atoms with Crippen LogP contribution in [-0.4, -0.2) is 31.1 Å². The molecule has 1 saturated heterocycles. The molecule has 3 heteroatoms. The Morgan fingerprint density at radius 1 is 1.53 bits per heavy atom. The lowest BCUT2D eigenvalue weighted by Crippen LogP contribution is -2.29. The van der Waals surface area contributed by atoms with Crippen LogP contribution in [-0.2, 0) is 6.54 Å². The van der Waals surface area contributed by atoms with E-state index in [9.17, 15) is 0 Å². The minimum atomic E-state index is 0.701. The Hall–Kier alpha value is -0.380. The van der Waals surface area contributed by atoms with Crippen LogP contribution in [0.4, 0.5) is 0 Å². The molecule has 84 valence electrons. The van der Waals surface area contributed by atoms with Crippen LogP contribution in [0.5, 0.6) is 0 Å². The molecular formula is C12H20N2S. The number of thiophene rings is 1. The Balaban J connectivity index is 1.92. The molecule has 2 heterocycles. The average Bonchev–Trinajstić information content (AvgIpc) is 2.76. The number of hydrogen-bond acceptors (Lipinski definition) is 3. The highest BCUT2D eigenvalue weighted by Crippen LogP contribution is 2.23. The molecule has 0 spiro atoms. The number of rotatable bonds is 3. The topological polar surface area (TPSA) is 15.3 Å². The first kappa shape index (κ1) is 11.1. The van der Waals surface area contributed by atoms with Gasteiger partial charge in [-0.05, 0) is 38.9 Å². The Morgan fingerprint density at radius 2 is 2.33 bits per heavy atom. The lowest BCUT2D eigenvalue weighted by molar-refractivity contribution is 0.325. The van der Waals surface area contributed by atoms with Crippen LogP contribution in [0.25, 0.3) is 0 Å². The third-order valence-corrected chi connectivity index (χ3v) is 4.41. The Morgan fingerprint density at radius 3 is 2.87 bits per heavy atom. The maximum atomic E-state index is 3.36. The smallest absolute Gasteiger partial charge is 0.0328 e. The van der Waals surface area contributed by atoms with Gasteiger partial charge in [-0.25, -0.2) is 0 Å². The number of hydrogen-bond donors (Lipinski definition) is 1. The summed E-state index contributed by atoms with van der Waals surface area (Å²) in [7, 11) is 2.06. The van der Waals surface area contributed by atoms with E-state index in [0.29, 0.717) is 6.04 Å². The number of nitrogens with one attached hydrogen (secondary N) is 1. The predicted octanol–water partition coefficient (Wildman–Crippen LogP) is 2.16. The van der Waals surface area contributed by atoms with Crippen LogP contribution < -0.4 is 5.32 Å². The molecule has 15 heavy (non-hydrogen) atoms.